The summed E-state index contributed by atoms with van der Waals surface area (Å²) in [6, 6.07) is 11.5. The van der Waals surface area contributed by atoms with Crippen LogP contribution in [0, 0.1) is 20.2 Å². The molecule has 1 heterocycles. The number of nitro benzene ring substituents is 2. The molecule has 1 aliphatic rings. The summed E-state index contributed by atoms with van der Waals surface area (Å²) in [5, 5.41) is 25.5. The predicted molar refractivity (Wildman–Crippen MR) is 134 cm³/mol. The number of esters is 2. The van der Waals surface area contributed by atoms with E-state index in [0.29, 0.717) is 22.5 Å². The summed E-state index contributed by atoms with van der Waals surface area (Å²) in [6.45, 7) is 5.06. The van der Waals surface area contributed by atoms with Crippen molar-refractivity contribution in [2.45, 2.75) is 26.7 Å². The number of dihydropyridines is 1. The molecule has 0 aliphatic carbocycles. The van der Waals surface area contributed by atoms with Crippen molar-refractivity contribution in [1.82, 2.24) is 5.32 Å². The van der Waals surface area contributed by atoms with Crippen molar-refractivity contribution in [2.75, 3.05) is 13.2 Å². The van der Waals surface area contributed by atoms with Crippen LogP contribution in [0.25, 0.3) is 6.08 Å². The smallest absolute Gasteiger partial charge is 0.337 e. The molecule has 1 atom stereocenters. The fourth-order valence-corrected chi connectivity index (χ4v) is 3.94. The molecule has 0 fully saturated rings. The number of allylic oxidation sites excluding steroid dienone is 2. The standard InChI is InChI=1S/C26H25N3O8/c1-4-36-25(30)22-16(3)27-21(14-11-17-9-12-19(13-10-17)28(32)33)24(26(31)37-5-2)23(22)18-7-6-8-20(15-18)29(34)35/h6-15,23,27H,4-5H2,1-3H3/b14-11+. The Kier molecular flexibility index (Phi) is 8.51. The lowest BCUT2D eigenvalue weighted by Gasteiger charge is -2.30. The quantitative estimate of drug-likeness (QED) is 0.293. The number of ether oxygens (including phenoxy) is 2. The number of benzene rings is 2. The van der Waals surface area contributed by atoms with Crippen molar-refractivity contribution < 1.29 is 28.9 Å². The van der Waals surface area contributed by atoms with E-state index >= 15 is 0 Å². The molecule has 11 heteroatoms. The summed E-state index contributed by atoms with van der Waals surface area (Å²) in [5.74, 6) is -2.41. The second kappa shape index (κ2) is 11.8. The van der Waals surface area contributed by atoms with Gasteiger partial charge >= 0.3 is 11.9 Å². The fraction of sp³-hybridized carbons (Fsp3) is 0.231. The van der Waals surface area contributed by atoms with Crippen molar-refractivity contribution in [2.24, 2.45) is 0 Å². The van der Waals surface area contributed by atoms with Crippen molar-refractivity contribution in [3.05, 3.63) is 109 Å². The maximum absolute atomic E-state index is 13.2. The number of hydrogen-bond acceptors (Lipinski definition) is 9. The molecule has 1 aliphatic heterocycles. The molecule has 37 heavy (non-hydrogen) atoms. The van der Waals surface area contributed by atoms with Gasteiger partial charge in [0, 0.05) is 35.7 Å². The van der Waals surface area contributed by atoms with E-state index in [4.69, 9.17) is 9.47 Å². The molecule has 0 saturated heterocycles. The van der Waals surface area contributed by atoms with Crippen LogP contribution < -0.4 is 5.32 Å². The van der Waals surface area contributed by atoms with Crippen LogP contribution in [0.1, 0.15) is 37.8 Å². The minimum Gasteiger partial charge on any atom is -0.463 e. The average Bonchev–Trinajstić information content (AvgIpc) is 2.87. The third kappa shape index (κ3) is 6.07. The Bertz CT molecular complexity index is 1330. The minimum atomic E-state index is -1.02. The monoisotopic (exact) mass is 507 g/mol. The molecule has 0 aromatic heterocycles. The van der Waals surface area contributed by atoms with Gasteiger partial charge in [0.15, 0.2) is 0 Å². The van der Waals surface area contributed by atoms with Gasteiger partial charge < -0.3 is 14.8 Å². The number of carbonyl (C=O) groups is 2. The summed E-state index contributed by atoms with van der Waals surface area (Å²) < 4.78 is 10.6. The lowest BCUT2D eigenvalue weighted by atomic mass is 9.80. The predicted octanol–water partition coefficient (Wildman–Crippen LogP) is 4.56. The Labute approximate surface area is 212 Å². The average molecular weight is 507 g/mol. The molecule has 0 saturated carbocycles. The molecular formula is C26H25N3O8. The van der Waals surface area contributed by atoms with Gasteiger partial charge in [-0.2, -0.15) is 0 Å². The third-order valence-corrected chi connectivity index (χ3v) is 5.55. The first-order valence-electron chi connectivity index (χ1n) is 11.4. The molecule has 2 aromatic rings. The van der Waals surface area contributed by atoms with Crippen LogP contribution in [0.5, 0.6) is 0 Å². The highest BCUT2D eigenvalue weighted by Crippen LogP contribution is 2.40. The summed E-state index contributed by atoms with van der Waals surface area (Å²) in [7, 11) is 0. The minimum absolute atomic E-state index is 0.0563. The number of hydrogen-bond donors (Lipinski definition) is 1. The van der Waals surface area contributed by atoms with Gasteiger partial charge in [-0.25, -0.2) is 9.59 Å². The molecular weight excluding hydrogens is 482 g/mol. The van der Waals surface area contributed by atoms with Gasteiger partial charge in [-0.15, -0.1) is 0 Å². The van der Waals surface area contributed by atoms with Gasteiger partial charge in [0.2, 0.25) is 0 Å². The van der Waals surface area contributed by atoms with E-state index in [1.165, 1.54) is 30.3 Å². The van der Waals surface area contributed by atoms with Crippen LogP contribution in [0.3, 0.4) is 0 Å². The normalized spacial score (nSPS) is 15.4. The van der Waals surface area contributed by atoms with E-state index in [1.54, 1.807) is 51.1 Å². The molecule has 0 spiro atoms. The van der Waals surface area contributed by atoms with Crippen molar-refractivity contribution in [1.29, 1.82) is 0 Å². The topological polar surface area (TPSA) is 151 Å². The first-order chi connectivity index (χ1) is 17.7. The molecule has 0 bridgehead atoms. The summed E-state index contributed by atoms with van der Waals surface area (Å²) in [6.07, 6.45) is 3.22. The van der Waals surface area contributed by atoms with E-state index in [2.05, 4.69) is 5.32 Å². The van der Waals surface area contributed by atoms with E-state index in [-0.39, 0.29) is 35.7 Å². The largest absolute Gasteiger partial charge is 0.463 e. The molecule has 1 N–H and O–H groups in total. The molecule has 192 valence electrons. The Morgan fingerprint density at radius 2 is 1.49 bits per heavy atom. The lowest BCUT2D eigenvalue weighted by molar-refractivity contribution is -0.385. The van der Waals surface area contributed by atoms with Gasteiger partial charge in [-0.05, 0) is 50.1 Å². The maximum Gasteiger partial charge on any atom is 0.337 e. The molecule has 2 aromatic carbocycles. The number of carbonyl (C=O) groups excluding carboxylic acids is 2. The van der Waals surface area contributed by atoms with Crippen LogP contribution in [0.15, 0.2) is 77.1 Å². The van der Waals surface area contributed by atoms with Crippen LogP contribution in [-0.4, -0.2) is 35.0 Å². The fourth-order valence-electron chi connectivity index (χ4n) is 3.94. The third-order valence-electron chi connectivity index (χ3n) is 5.55. The zero-order valence-electron chi connectivity index (χ0n) is 20.4. The Hall–Kier alpha value is -4.80. The van der Waals surface area contributed by atoms with Gasteiger partial charge in [-0.3, -0.25) is 20.2 Å². The van der Waals surface area contributed by atoms with Crippen LogP contribution in [-0.2, 0) is 19.1 Å². The Balaban J connectivity index is 2.21. The van der Waals surface area contributed by atoms with Gasteiger partial charge in [0.25, 0.3) is 11.4 Å². The zero-order chi connectivity index (χ0) is 27.1. The van der Waals surface area contributed by atoms with Crippen LogP contribution in [0.4, 0.5) is 11.4 Å². The van der Waals surface area contributed by atoms with Gasteiger partial charge in [0.05, 0.1) is 40.1 Å². The molecule has 1 unspecified atom stereocenters. The number of nitro groups is 2. The highest BCUT2D eigenvalue weighted by atomic mass is 16.6. The SMILES string of the molecule is CCOC(=O)C1=C(C)NC(/C=C/c2ccc([N+](=O)[O-])cc2)=C(C(=O)OCC)C1c1cccc([N+](=O)[O-])c1. The van der Waals surface area contributed by atoms with E-state index in [0.717, 1.165) is 0 Å². The summed E-state index contributed by atoms with van der Waals surface area (Å²) >= 11 is 0. The number of non-ortho nitro benzene ring substituents is 2. The van der Waals surface area contributed by atoms with E-state index in [1.807, 2.05) is 0 Å². The summed E-state index contributed by atoms with van der Waals surface area (Å²) in [5.41, 5.74) is 1.57. The van der Waals surface area contributed by atoms with Gasteiger partial charge in [0.1, 0.15) is 0 Å². The van der Waals surface area contributed by atoms with E-state index in [9.17, 15) is 29.8 Å². The second-order valence-electron chi connectivity index (χ2n) is 7.90. The second-order valence-corrected chi connectivity index (χ2v) is 7.90. The number of nitrogens with one attached hydrogen (secondary N) is 1. The molecule has 0 radical (unpaired) electrons. The molecule has 11 nitrogen and oxygen atoms in total. The molecule has 3 rings (SSSR count). The number of nitrogens with zero attached hydrogens (tertiary/aromatic N) is 2. The van der Waals surface area contributed by atoms with Crippen LogP contribution >= 0.6 is 0 Å². The van der Waals surface area contributed by atoms with Crippen molar-refractivity contribution in [3.8, 4) is 0 Å². The van der Waals surface area contributed by atoms with Gasteiger partial charge in [-0.1, -0.05) is 18.2 Å². The van der Waals surface area contributed by atoms with E-state index < -0.39 is 27.7 Å². The highest BCUT2D eigenvalue weighted by Gasteiger charge is 2.39. The highest BCUT2D eigenvalue weighted by molar-refractivity contribution is 6.00. The number of rotatable bonds is 9. The first-order valence-corrected chi connectivity index (χ1v) is 11.4. The van der Waals surface area contributed by atoms with Crippen molar-refractivity contribution in [3.63, 3.8) is 0 Å². The maximum atomic E-state index is 13.2. The Morgan fingerprint density at radius 1 is 0.892 bits per heavy atom. The first kappa shape index (κ1) is 26.8. The molecule has 0 amide bonds. The zero-order valence-corrected chi connectivity index (χ0v) is 20.4. The van der Waals surface area contributed by atoms with Crippen LogP contribution in [0.2, 0.25) is 0 Å². The summed E-state index contributed by atoms with van der Waals surface area (Å²) in [4.78, 5) is 47.6. The Morgan fingerprint density at radius 3 is 2.05 bits per heavy atom. The van der Waals surface area contributed by atoms with Crippen molar-refractivity contribution >= 4 is 29.4 Å². The lowest BCUT2D eigenvalue weighted by Crippen LogP contribution is -2.33.